The standard InChI is InChI=1S/C27H52N6O2/c1-18(2)16-33(4)17-22-9-10-25(35-22)26(34)30-21-8-7-19(3)24(14-21)32-27-29-13-11-23(31-27)20-6-5-12-28-15-20/h18-25,27-29,31-32H,5-17H2,1-4H3,(H,30,34). The molecular formula is C27H52N6O2. The average Bonchev–Trinajstić information content (AvgIpc) is 3.30. The van der Waals surface area contributed by atoms with Crippen LogP contribution in [0.1, 0.15) is 72.1 Å². The normalized spacial score (nSPS) is 38.7. The molecule has 0 aromatic carbocycles. The topological polar surface area (TPSA) is 89.7 Å². The van der Waals surface area contributed by atoms with Crippen LogP contribution in [0.5, 0.6) is 0 Å². The quantitative estimate of drug-likeness (QED) is 0.334. The van der Waals surface area contributed by atoms with Crippen LogP contribution in [-0.4, -0.2) is 87.2 Å². The van der Waals surface area contributed by atoms with Crippen LogP contribution >= 0.6 is 0 Å². The number of carbonyl (C=O) groups is 1. The number of rotatable bonds is 9. The van der Waals surface area contributed by atoms with Crippen molar-refractivity contribution in [3.8, 4) is 0 Å². The third kappa shape index (κ3) is 8.11. The summed E-state index contributed by atoms with van der Waals surface area (Å²) in [6.07, 6.45) is 8.83. The van der Waals surface area contributed by atoms with Gasteiger partial charge in [0.15, 0.2) is 0 Å². The molecular weight excluding hydrogens is 440 g/mol. The van der Waals surface area contributed by atoms with Gasteiger partial charge in [0.05, 0.1) is 6.10 Å². The number of carbonyl (C=O) groups excluding carboxylic acids is 1. The smallest absolute Gasteiger partial charge is 0.249 e. The lowest BCUT2D eigenvalue weighted by Gasteiger charge is -2.42. The number of amides is 1. The molecule has 1 saturated carbocycles. The summed E-state index contributed by atoms with van der Waals surface area (Å²) in [5.74, 6) is 2.07. The van der Waals surface area contributed by atoms with Crippen LogP contribution in [0.2, 0.25) is 0 Å². The van der Waals surface area contributed by atoms with Crippen LogP contribution in [0.3, 0.4) is 0 Å². The zero-order valence-corrected chi connectivity index (χ0v) is 22.7. The minimum atomic E-state index is -0.287. The molecule has 3 aliphatic heterocycles. The summed E-state index contributed by atoms with van der Waals surface area (Å²) in [6, 6.07) is 1.19. The van der Waals surface area contributed by atoms with Gasteiger partial charge in [-0.1, -0.05) is 20.8 Å². The molecule has 0 aromatic heterocycles. The van der Waals surface area contributed by atoms with E-state index in [0.29, 0.717) is 23.9 Å². The Labute approximate surface area is 213 Å². The highest BCUT2D eigenvalue weighted by Gasteiger charge is 2.36. The first-order valence-corrected chi connectivity index (χ1v) is 14.5. The van der Waals surface area contributed by atoms with Crippen LogP contribution < -0.4 is 26.6 Å². The van der Waals surface area contributed by atoms with Crippen molar-refractivity contribution < 1.29 is 9.53 Å². The van der Waals surface area contributed by atoms with Gasteiger partial charge in [0, 0.05) is 31.2 Å². The Balaban J connectivity index is 1.21. The molecule has 4 fully saturated rings. The first-order chi connectivity index (χ1) is 16.9. The molecule has 4 aliphatic rings. The van der Waals surface area contributed by atoms with Crippen molar-refractivity contribution in [2.45, 2.75) is 109 Å². The summed E-state index contributed by atoms with van der Waals surface area (Å²) in [5.41, 5.74) is 0. The van der Waals surface area contributed by atoms with Gasteiger partial charge in [0.25, 0.3) is 0 Å². The number of likely N-dealkylation sites (N-methyl/N-ethyl adjacent to an activating group) is 1. The fourth-order valence-electron chi connectivity index (χ4n) is 6.71. The second-order valence-electron chi connectivity index (χ2n) is 12.3. The van der Waals surface area contributed by atoms with E-state index in [-0.39, 0.29) is 30.4 Å². The van der Waals surface area contributed by atoms with Gasteiger partial charge in [-0.25, -0.2) is 0 Å². The Bertz CT molecular complexity index is 658. The molecule has 8 nitrogen and oxygen atoms in total. The van der Waals surface area contributed by atoms with E-state index in [4.69, 9.17) is 4.74 Å². The van der Waals surface area contributed by atoms with Crippen LogP contribution in [0.15, 0.2) is 0 Å². The molecule has 3 heterocycles. The van der Waals surface area contributed by atoms with Gasteiger partial charge >= 0.3 is 0 Å². The lowest BCUT2D eigenvalue weighted by atomic mass is 9.82. The third-order valence-corrected chi connectivity index (χ3v) is 8.60. The summed E-state index contributed by atoms with van der Waals surface area (Å²) in [4.78, 5) is 15.3. The molecule has 0 radical (unpaired) electrons. The van der Waals surface area contributed by atoms with Crippen LogP contribution in [0.25, 0.3) is 0 Å². The molecule has 0 bridgehead atoms. The highest BCUT2D eigenvalue weighted by Crippen LogP contribution is 2.27. The van der Waals surface area contributed by atoms with E-state index in [0.717, 1.165) is 70.7 Å². The summed E-state index contributed by atoms with van der Waals surface area (Å²) < 4.78 is 6.16. The van der Waals surface area contributed by atoms with Crippen LogP contribution in [-0.2, 0) is 9.53 Å². The Hall–Kier alpha value is -0.770. The minimum absolute atomic E-state index is 0.0936. The summed E-state index contributed by atoms with van der Waals surface area (Å²) in [7, 11) is 2.15. The van der Waals surface area contributed by atoms with Crippen LogP contribution in [0, 0.1) is 17.8 Å². The molecule has 0 spiro atoms. The monoisotopic (exact) mass is 492 g/mol. The predicted octanol–water partition coefficient (Wildman–Crippen LogP) is 1.62. The number of piperidine rings is 1. The van der Waals surface area contributed by atoms with Gasteiger partial charge in [0.1, 0.15) is 12.4 Å². The SMILES string of the molecule is CC(C)CN(C)CC1CCC(C(=O)NC2CCC(C)C(NC3NCCC(C4CCCNC4)N3)C2)O1. The third-order valence-electron chi connectivity index (χ3n) is 8.60. The van der Waals surface area contributed by atoms with Gasteiger partial charge in [-0.15, -0.1) is 0 Å². The molecule has 202 valence electrons. The fourth-order valence-corrected chi connectivity index (χ4v) is 6.71. The maximum atomic E-state index is 13.0. The molecule has 0 aromatic rings. The molecule has 5 N–H and O–H groups in total. The van der Waals surface area contributed by atoms with E-state index in [1.807, 2.05) is 0 Å². The Morgan fingerprint density at radius 1 is 1.11 bits per heavy atom. The first-order valence-electron chi connectivity index (χ1n) is 14.5. The van der Waals surface area contributed by atoms with Crippen LogP contribution in [0.4, 0.5) is 0 Å². The number of hydrogen-bond donors (Lipinski definition) is 5. The molecule has 35 heavy (non-hydrogen) atoms. The van der Waals surface area contributed by atoms with Crippen molar-refractivity contribution in [1.29, 1.82) is 0 Å². The Kier molecular flexibility index (Phi) is 10.2. The maximum absolute atomic E-state index is 13.0. The zero-order valence-electron chi connectivity index (χ0n) is 22.7. The second kappa shape index (κ2) is 13.2. The largest absolute Gasteiger partial charge is 0.364 e. The van der Waals surface area contributed by atoms with E-state index < -0.39 is 0 Å². The molecule has 8 heteroatoms. The predicted molar refractivity (Wildman–Crippen MR) is 141 cm³/mol. The molecule has 1 aliphatic carbocycles. The van der Waals surface area contributed by atoms with Crippen molar-refractivity contribution in [3.63, 3.8) is 0 Å². The highest BCUT2D eigenvalue weighted by atomic mass is 16.5. The van der Waals surface area contributed by atoms with E-state index in [1.165, 1.54) is 19.3 Å². The van der Waals surface area contributed by atoms with Gasteiger partial charge < -0.3 is 20.3 Å². The van der Waals surface area contributed by atoms with Crippen molar-refractivity contribution in [2.75, 3.05) is 39.8 Å². The first kappa shape index (κ1) is 27.3. The molecule has 4 rings (SSSR count). The number of nitrogens with one attached hydrogen (secondary N) is 5. The second-order valence-corrected chi connectivity index (χ2v) is 12.3. The van der Waals surface area contributed by atoms with Crippen molar-refractivity contribution in [1.82, 2.24) is 31.5 Å². The average molecular weight is 493 g/mol. The Morgan fingerprint density at radius 2 is 1.97 bits per heavy atom. The van der Waals surface area contributed by atoms with E-state index in [1.54, 1.807) is 0 Å². The molecule has 3 saturated heterocycles. The lowest BCUT2D eigenvalue weighted by molar-refractivity contribution is -0.133. The van der Waals surface area contributed by atoms with E-state index in [9.17, 15) is 4.79 Å². The van der Waals surface area contributed by atoms with Crippen molar-refractivity contribution in [2.24, 2.45) is 17.8 Å². The molecule has 1 amide bonds. The zero-order chi connectivity index (χ0) is 24.8. The van der Waals surface area contributed by atoms with E-state index >= 15 is 0 Å². The van der Waals surface area contributed by atoms with Gasteiger partial charge in [-0.3, -0.25) is 20.7 Å². The van der Waals surface area contributed by atoms with Gasteiger partial charge in [-0.2, -0.15) is 0 Å². The summed E-state index contributed by atoms with van der Waals surface area (Å²) in [5, 5.41) is 18.3. The summed E-state index contributed by atoms with van der Waals surface area (Å²) in [6.45, 7) is 12.2. The lowest BCUT2D eigenvalue weighted by Crippen LogP contribution is -2.66. The van der Waals surface area contributed by atoms with Crippen molar-refractivity contribution >= 4 is 5.91 Å². The highest BCUT2D eigenvalue weighted by molar-refractivity contribution is 5.81. The maximum Gasteiger partial charge on any atom is 0.249 e. The number of hydrogen-bond acceptors (Lipinski definition) is 7. The number of nitrogens with zero attached hydrogens (tertiary/aromatic N) is 1. The molecule has 8 unspecified atom stereocenters. The van der Waals surface area contributed by atoms with Crippen molar-refractivity contribution in [3.05, 3.63) is 0 Å². The summed E-state index contributed by atoms with van der Waals surface area (Å²) >= 11 is 0. The minimum Gasteiger partial charge on any atom is -0.364 e. The van der Waals surface area contributed by atoms with Gasteiger partial charge in [0.2, 0.25) is 5.91 Å². The number of ether oxygens (including phenoxy) is 1. The van der Waals surface area contributed by atoms with Gasteiger partial charge in [-0.05, 0) is 95.8 Å². The fraction of sp³-hybridized carbons (Fsp3) is 0.963. The Morgan fingerprint density at radius 3 is 2.74 bits per heavy atom. The molecule has 8 atom stereocenters. The van der Waals surface area contributed by atoms with E-state index in [2.05, 4.69) is 59.3 Å².